The summed E-state index contributed by atoms with van der Waals surface area (Å²) in [5, 5.41) is 0. The first-order valence-corrected chi connectivity index (χ1v) is 4.61. The van der Waals surface area contributed by atoms with Crippen molar-refractivity contribution in [3.8, 4) is 0 Å². The van der Waals surface area contributed by atoms with Crippen LogP contribution in [0.25, 0.3) is 0 Å². The molecule has 2 nitrogen and oxygen atoms in total. The third kappa shape index (κ3) is 3.31. The molecule has 0 aliphatic heterocycles. The van der Waals surface area contributed by atoms with E-state index in [0.29, 0.717) is 5.56 Å². The molecule has 1 amide bonds. The van der Waals surface area contributed by atoms with Gasteiger partial charge in [0.25, 0.3) is 12.3 Å². The Balaban J connectivity index is 2.76. The van der Waals surface area contributed by atoms with Crippen molar-refractivity contribution in [3.63, 3.8) is 0 Å². The Morgan fingerprint density at radius 3 is 2.67 bits per heavy atom. The fourth-order valence-electron chi connectivity index (χ4n) is 1.29. The number of rotatable bonds is 3. The van der Waals surface area contributed by atoms with Crippen molar-refractivity contribution >= 4 is 5.91 Å². The summed E-state index contributed by atoms with van der Waals surface area (Å²) in [6.45, 7) is 1.32. The highest BCUT2D eigenvalue weighted by molar-refractivity contribution is 5.94. The molecule has 0 spiro atoms. The molecule has 1 rings (SSSR count). The Bertz CT molecular complexity index is 352. The molecule has 4 heteroatoms. The molecule has 0 saturated heterocycles. The van der Waals surface area contributed by atoms with Gasteiger partial charge in [-0.15, -0.1) is 0 Å². The number of benzene rings is 1. The van der Waals surface area contributed by atoms with Crippen LogP contribution in [0, 0.1) is 6.92 Å². The molecule has 0 atom stereocenters. The number of hydrogen-bond acceptors (Lipinski definition) is 1. The van der Waals surface area contributed by atoms with Gasteiger partial charge >= 0.3 is 0 Å². The van der Waals surface area contributed by atoms with E-state index in [-0.39, 0.29) is 5.91 Å². The molecule has 0 aliphatic carbocycles. The van der Waals surface area contributed by atoms with E-state index in [1.54, 1.807) is 18.2 Å². The molecule has 0 aromatic heterocycles. The van der Waals surface area contributed by atoms with Gasteiger partial charge < -0.3 is 4.90 Å². The lowest BCUT2D eigenvalue weighted by molar-refractivity contribution is 0.0620. The van der Waals surface area contributed by atoms with Crippen LogP contribution >= 0.6 is 0 Å². The van der Waals surface area contributed by atoms with Crippen LogP contribution in [-0.2, 0) is 0 Å². The molecule has 1 aromatic carbocycles. The number of aryl methyl sites for hydroxylation is 1. The Morgan fingerprint density at radius 1 is 1.47 bits per heavy atom. The van der Waals surface area contributed by atoms with Crippen LogP contribution in [0.2, 0.25) is 0 Å². The fraction of sp³-hybridized carbons (Fsp3) is 0.364. The lowest BCUT2D eigenvalue weighted by Crippen LogP contribution is -2.31. The van der Waals surface area contributed by atoms with Crippen molar-refractivity contribution in [1.82, 2.24) is 4.90 Å². The van der Waals surface area contributed by atoms with Crippen molar-refractivity contribution in [3.05, 3.63) is 35.4 Å². The normalized spacial score (nSPS) is 10.5. The summed E-state index contributed by atoms with van der Waals surface area (Å²) in [5.74, 6) is -0.376. The Labute approximate surface area is 87.5 Å². The van der Waals surface area contributed by atoms with Gasteiger partial charge in [0, 0.05) is 12.6 Å². The van der Waals surface area contributed by atoms with Gasteiger partial charge in [0.15, 0.2) is 0 Å². The summed E-state index contributed by atoms with van der Waals surface area (Å²) >= 11 is 0. The molecule has 0 unspecified atom stereocenters. The maximum atomic E-state index is 12.0. The van der Waals surface area contributed by atoms with Crippen molar-refractivity contribution in [1.29, 1.82) is 0 Å². The monoisotopic (exact) mass is 213 g/mol. The Kier molecular flexibility index (Phi) is 3.77. The first-order chi connectivity index (χ1) is 7.00. The summed E-state index contributed by atoms with van der Waals surface area (Å²) < 4.78 is 24.1. The lowest BCUT2D eigenvalue weighted by Gasteiger charge is -2.16. The van der Waals surface area contributed by atoms with Gasteiger partial charge in [-0.1, -0.05) is 17.7 Å². The minimum absolute atomic E-state index is 0.376. The van der Waals surface area contributed by atoms with E-state index in [4.69, 9.17) is 0 Å². The van der Waals surface area contributed by atoms with Crippen molar-refractivity contribution in [2.75, 3.05) is 13.6 Å². The van der Waals surface area contributed by atoms with Crippen LogP contribution in [0.4, 0.5) is 8.78 Å². The summed E-state index contributed by atoms with van der Waals surface area (Å²) in [7, 11) is 1.37. The zero-order valence-electron chi connectivity index (χ0n) is 8.71. The molecule has 0 saturated carbocycles. The maximum Gasteiger partial charge on any atom is 0.255 e. The summed E-state index contributed by atoms with van der Waals surface area (Å²) in [6.07, 6.45) is -2.50. The second-order valence-electron chi connectivity index (χ2n) is 3.45. The van der Waals surface area contributed by atoms with E-state index in [1.807, 2.05) is 13.0 Å². The molecule has 0 N–H and O–H groups in total. The Morgan fingerprint density at radius 2 is 2.13 bits per heavy atom. The number of alkyl halides is 2. The standard InChI is InChI=1S/C11H13F2NO/c1-8-4-3-5-9(6-8)11(15)14(2)7-10(12)13/h3-6,10H,7H2,1-2H3. The van der Waals surface area contributed by atoms with Crippen molar-refractivity contribution in [2.24, 2.45) is 0 Å². The smallest absolute Gasteiger partial charge is 0.255 e. The van der Waals surface area contributed by atoms with Crippen LogP contribution in [0.15, 0.2) is 24.3 Å². The summed E-state index contributed by atoms with van der Waals surface area (Å²) in [5.41, 5.74) is 1.38. The first kappa shape index (κ1) is 11.6. The van der Waals surface area contributed by atoms with E-state index >= 15 is 0 Å². The third-order valence-electron chi connectivity index (χ3n) is 2.02. The zero-order chi connectivity index (χ0) is 11.4. The van der Waals surface area contributed by atoms with E-state index in [1.165, 1.54) is 7.05 Å². The fourth-order valence-corrected chi connectivity index (χ4v) is 1.29. The minimum atomic E-state index is -2.50. The number of nitrogens with zero attached hydrogens (tertiary/aromatic N) is 1. The quantitative estimate of drug-likeness (QED) is 0.754. The SMILES string of the molecule is Cc1cccc(C(=O)N(C)CC(F)F)c1. The van der Waals surface area contributed by atoms with Gasteiger partial charge in [0.05, 0.1) is 6.54 Å². The Hall–Kier alpha value is -1.45. The van der Waals surface area contributed by atoms with E-state index < -0.39 is 13.0 Å². The van der Waals surface area contributed by atoms with Crippen LogP contribution in [0.1, 0.15) is 15.9 Å². The highest BCUT2D eigenvalue weighted by Gasteiger charge is 2.15. The second kappa shape index (κ2) is 4.87. The van der Waals surface area contributed by atoms with E-state index in [2.05, 4.69) is 0 Å². The first-order valence-electron chi connectivity index (χ1n) is 4.61. The summed E-state index contributed by atoms with van der Waals surface area (Å²) in [6, 6.07) is 6.89. The molecule has 0 radical (unpaired) electrons. The predicted octanol–water partition coefficient (Wildman–Crippen LogP) is 2.33. The zero-order valence-corrected chi connectivity index (χ0v) is 8.71. The maximum absolute atomic E-state index is 12.0. The van der Waals surface area contributed by atoms with E-state index in [9.17, 15) is 13.6 Å². The van der Waals surface area contributed by atoms with Gasteiger partial charge in [-0.05, 0) is 19.1 Å². The molecule has 0 fully saturated rings. The van der Waals surface area contributed by atoms with Crippen LogP contribution < -0.4 is 0 Å². The number of carbonyl (C=O) groups is 1. The van der Waals surface area contributed by atoms with Crippen molar-refractivity contribution < 1.29 is 13.6 Å². The van der Waals surface area contributed by atoms with E-state index in [0.717, 1.165) is 10.5 Å². The number of hydrogen-bond donors (Lipinski definition) is 0. The summed E-state index contributed by atoms with van der Waals surface area (Å²) in [4.78, 5) is 12.7. The van der Waals surface area contributed by atoms with Gasteiger partial charge in [-0.2, -0.15) is 0 Å². The predicted molar refractivity (Wildman–Crippen MR) is 54.1 cm³/mol. The highest BCUT2D eigenvalue weighted by Crippen LogP contribution is 2.08. The third-order valence-corrected chi connectivity index (χ3v) is 2.02. The number of halogens is 2. The van der Waals surface area contributed by atoms with Gasteiger partial charge in [-0.25, -0.2) is 8.78 Å². The minimum Gasteiger partial charge on any atom is -0.336 e. The van der Waals surface area contributed by atoms with Crippen molar-refractivity contribution in [2.45, 2.75) is 13.3 Å². The molecule has 0 aliphatic rings. The van der Waals surface area contributed by atoms with Gasteiger partial charge in [0.1, 0.15) is 0 Å². The van der Waals surface area contributed by atoms with Gasteiger partial charge in [0.2, 0.25) is 0 Å². The molecule has 1 aromatic rings. The number of carbonyl (C=O) groups excluding carboxylic acids is 1. The molecular weight excluding hydrogens is 200 g/mol. The molecule has 0 bridgehead atoms. The van der Waals surface area contributed by atoms with Crippen LogP contribution in [0.3, 0.4) is 0 Å². The number of amides is 1. The molecule has 15 heavy (non-hydrogen) atoms. The van der Waals surface area contributed by atoms with Gasteiger partial charge in [-0.3, -0.25) is 4.79 Å². The largest absolute Gasteiger partial charge is 0.336 e. The second-order valence-corrected chi connectivity index (χ2v) is 3.45. The topological polar surface area (TPSA) is 20.3 Å². The average molecular weight is 213 g/mol. The molecule has 82 valence electrons. The lowest BCUT2D eigenvalue weighted by atomic mass is 10.1. The average Bonchev–Trinajstić information content (AvgIpc) is 2.15. The molecule has 0 heterocycles. The molecular formula is C11H13F2NO. The van der Waals surface area contributed by atoms with Crippen LogP contribution in [-0.4, -0.2) is 30.8 Å². The highest BCUT2D eigenvalue weighted by atomic mass is 19.3. The van der Waals surface area contributed by atoms with Crippen LogP contribution in [0.5, 0.6) is 0 Å².